The summed E-state index contributed by atoms with van der Waals surface area (Å²) in [7, 11) is 1.59. The van der Waals surface area contributed by atoms with Crippen molar-refractivity contribution >= 4 is 11.9 Å². The number of ether oxygens (including phenoxy) is 1. The van der Waals surface area contributed by atoms with Crippen LogP contribution in [0.3, 0.4) is 0 Å². The van der Waals surface area contributed by atoms with Gasteiger partial charge in [0.05, 0.1) is 19.1 Å². The van der Waals surface area contributed by atoms with Gasteiger partial charge in [0.25, 0.3) is 0 Å². The molecule has 0 aliphatic rings. The van der Waals surface area contributed by atoms with Crippen LogP contribution < -0.4 is 0 Å². The highest BCUT2D eigenvalue weighted by Gasteiger charge is 2.25. The molecule has 0 rings (SSSR count). The van der Waals surface area contributed by atoms with Crippen molar-refractivity contribution in [3.8, 4) is 6.07 Å². The van der Waals surface area contributed by atoms with E-state index in [0.29, 0.717) is 6.61 Å². The zero-order valence-electron chi connectivity index (χ0n) is 10.9. The minimum absolute atomic E-state index is 0.0301. The maximum atomic E-state index is 11.8. The lowest BCUT2D eigenvalue weighted by Crippen LogP contribution is -2.36. The molecule has 0 fully saturated rings. The zero-order chi connectivity index (χ0) is 13.4. The first-order chi connectivity index (χ1) is 7.93. The van der Waals surface area contributed by atoms with E-state index in [1.807, 2.05) is 19.9 Å². The number of nitriles is 1. The Balaban J connectivity index is 4.23. The second-order valence-electron chi connectivity index (χ2n) is 4.17. The van der Waals surface area contributed by atoms with Crippen molar-refractivity contribution in [2.75, 3.05) is 20.2 Å². The first-order valence-electron chi connectivity index (χ1n) is 5.74. The molecule has 1 unspecified atom stereocenters. The third kappa shape index (κ3) is 5.34. The van der Waals surface area contributed by atoms with E-state index in [4.69, 9.17) is 10.00 Å². The van der Waals surface area contributed by atoms with Crippen LogP contribution in [0.1, 0.15) is 27.2 Å². The fraction of sp³-hybridized carbons (Fsp3) is 0.750. The van der Waals surface area contributed by atoms with E-state index in [0.717, 1.165) is 0 Å². The van der Waals surface area contributed by atoms with Crippen LogP contribution >= 0.6 is 0 Å². The van der Waals surface area contributed by atoms with Crippen LogP contribution in [0.15, 0.2) is 0 Å². The van der Waals surface area contributed by atoms with Crippen LogP contribution in [0, 0.1) is 23.2 Å². The van der Waals surface area contributed by atoms with Crippen molar-refractivity contribution in [2.24, 2.45) is 11.8 Å². The molecule has 0 aromatic heterocycles. The van der Waals surface area contributed by atoms with Gasteiger partial charge in [0.15, 0.2) is 0 Å². The standard InChI is InChI=1S/C12H20N2O3/c1-5-17-11(15)6-7-14(4)12(16)10(8-13)9(2)3/h9-10H,5-7H2,1-4H3. The number of nitrogens with zero attached hydrogens (tertiary/aromatic N) is 2. The number of esters is 1. The third-order valence-corrected chi connectivity index (χ3v) is 2.40. The van der Waals surface area contributed by atoms with Crippen molar-refractivity contribution < 1.29 is 14.3 Å². The topological polar surface area (TPSA) is 70.4 Å². The van der Waals surface area contributed by atoms with Gasteiger partial charge in [0.1, 0.15) is 5.92 Å². The SMILES string of the molecule is CCOC(=O)CCN(C)C(=O)C(C#N)C(C)C. The summed E-state index contributed by atoms with van der Waals surface area (Å²) in [6, 6.07) is 1.99. The van der Waals surface area contributed by atoms with Crippen molar-refractivity contribution in [3.63, 3.8) is 0 Å². The molecule has 0 aromatic carbocycles. The molecule has 0 aromatic rings. The average molecular weight is 240 g/mol. The van der Waals surface area contributed by atoms with Crippen molar-refractivity contribution in [1.29, 1.82) is 5.26 Å². The Morgan fingerprint density at radius 1 is 1.41 bits per heavy atom. The monoisotopic (exact) mass is 240 g/mol. The number of carbonyl (C=O) groups is 2. The van der Waals surface area contributed by atoms with E-state index < -0.39 is 5.92 Å². The minimum atomic E-state index is -0.651. The summed E-state index contributed by atoms with van der Waals surface area (Å²) in [5.74, 6) is -1.25. The van der Waals surface area contributed by atoms with Gasteiger partial charge < -0.3 is 9.64 Å². The molecular formula is C12H20N2O3. The van der Waals surface area contributed by atoms with Gasteiger partial charge in [0, 0.05) is 13.6 Å². The molecule has 0 spiro atoms. The highest BCUT2D eigenvalue weighted by molar-refractivity contribution is 5.81. The maximum Gasteiger partial charge on any atom is 0.307 e. The van der Waals surface area contributed by atoms with E-state index in [1.54, 1.807) is 14.0 Å². The van der Waals surface area contributed by atoms with Crippen LogP contribution in [0.25, 0.3) is 0 Å². The zero-order valence-corrected chi connectivity index (χ0v) is 10.9. The summed E-state index contributed by atoms with van der Waals surface area (Å²) in [5, 5.41) is 8.89. The molecular weight excluding hydrogens is 220 g/mol. The lowest BCUT2D eigenvalue weighted by atomic mass is 9.96. The summed E-state index contributed by atoms with van der Waals surface area (Å²) in [5.41, 5.74) is 0. The van der Waals surface area contributed by atoms with Crippen LogP contribution in [0.5, 0.6) is 0 Å². The Labute approximate surface area is 102 Å². The van der Waals surface area contributed by atoms with Gasteiger partial charge >= 0.3 is 5.97 Å². The fourth-order valence-electron chi connectivity index (χ4n) is 1.33. The van der Waals surface area contributed by atoms with Gasteiger partial charge in [-0.05, 0) is 12.8 Å². The first-order valence-corrected chi connectivity index (χ1v) is 5.74. The Kier molecular flexibility index (Phi) is 6.95. The molecule has 5 nitrogen and oxygen atoms in total. The van der Waals surface area contributed by atoms with Gasteiger partial charge in [-0.2, -0.15) is 5.26 Å². The van der Waals surface area contributed by atoms with E-state index >= 15 is 0 Å². The Morgan fingerprint density at radius 3 is 2.41 bits per heavy atom. The fourth-order valence-corrected chi connectivity index (χ4v) is 1.33. The maximum absolute atomic E-state index is 11.8. The molecule has 5 heteroatoms. The molecule has 0 heterocycles. The van der Waals surface area contributed by atoms with Gasteiger partial charge in [-0.1, -0.05) is 13.8 Å². The summed E-state index contributed by atoms with van der Waals surface area (Å²) >= 11 is 0. The lowest BCUT2D eigenvalue weighted by Gasteiger charge is -2.21. The summed E-state index contributed by atoms with van der Waals surface area (Å²) in [6.07, 6.45) is 0.159. The summed E-state index contributed by atoms with van der Waals surface area (Å²) in [4.78, 5) is 24.4. The molecule has 0 N–H and O–H groups in total. The molecule has 0 bridgehead atoms. The van der Waals surface area contributed by atoms with E-state index in [2.05, 4.69) is 0 Å². The Hall–Kier alpha value is -1.57. The van der Waals surface area contributed by atoms with E-state index in [-0.39, 0.29) is 30.8 Å². The van der Waals surface area contributed by atoms with E-state index in [1.165, 1.54) is 4.90 Å². The molecule has 1 atom stereocenters. The highest BCUT2D eigenvalue weighted by Crippen LogP contribution is 2.12. The van der Waals surface area contributed by atoms with Gasteiger partial charge in [-0.25, -0.2) is 0 Å². The predicted molar refractivity (Wildman–Crippen MR) is 62.8 cm³/mol. The Bertz CT molecular complexity index is 307. The number of hydrogen-bond acceptors (Lipinski definition) is 4. The molecule has 96 valence electrons. The van der Waals surface area contributed by atoms with Crippen LogP contribution in [-0.4, -0.2) is 37.0 Å². The molecule has 1 amide bonds. The van der Waals surface area contributed by atoms with Crippen LogP contribution in [0.2, 0.25) is 0 Å². The Morgan fingerprint density at radius 2 is 2.00 bits per heavy atom. The van der Waals surface area contributed by atoms with Crippen molar-refractivity contribution in [2.45, 2.75) is 27.2 Å². The van der Waals surface area contributed by atoms with Gasteiger partial charge in [-0.15, -0.1) is 0 Å². The van der Waals surface area contributed by atoms with Gasteiger partial charge in [-0.3, -0.25) is 9.59 Å². The molecule has 0 aliphatic heterocycles. The smallest absolute Gasteiger partial charge is 0.307 e. The highest BCUT2D eigenvalue weighted by atomic mass is 16.5. The molecule has 0 radical (unpaired) electrons. The molecule has 0 saturated heterocycles. The van der Waals surface area contributed by atoms with E-state index in [9.17, 15) is 9.59 Å². The molecule has 0 aliphatic carbocycles. The van der Waals surface area contributed by atoms with Crippen molar-refractivity contribution in [1.82, 2.24) is 4.90 Å². The number of rotatable bonds is 6. The quantitative estimate of drug-likeness (QED) is 0.654. The third-order valence-electron chi connectivity index (χ3n) is 2.40. The average Bonchev–Trinajstić information content (AvgIpc) is 2.26. The number of carbonyl (C=O) groups excluding carboxylic acids is 2. The second kappa shape index (κ2) is 7.66. The predicted octanol–water partition coefficient (Wildman–Crippen LogP) is 1.19. The van der Waals surface area contributed by atoms with Crippen LogP contribution in [0.4, 0.5) is 0 Å². The summed E-state index contributed by atoms with van der Waals surface area (Å²) < 4.78 is 4.76. The van der Waals surface area contributed by atoms with Gasteiger partial charge in [0.2, 0.25) is 5.91 Å². The number of hydrogen-bond donors (Lipinski definition) is 0. The lowest BCUT2D eigenvalue weighted by molar-refractivity contribution is -0.144. The second-order valence-corrected chi connectivity index (χ2v) is 4.17. The van der Waals surface area contributed by atoms with Crippen LogP contribution in [-0.2, 0) is 14.3 Å². The largest absolute Gasteiger partial charge is 0.466 e. The minimum Gasteiger partial charge on any atom is -0.466 e. The first kappa shape index (κ1) is 15.4. The van der Waals surface area contributed by atoms with Crippen molar-refractivity contribution in [3.05, 3.63) is 0 Å². The number of amides is 1. The molecule has 0 saturated carbocycles. The summed E-state index contributed by atoms with van der Waals surface area (Å²) in [6.45, 7) is 6.00. The normalized spacial score (nSPS) is 11.8. The molecule has 17 heavy (non-hydrogen) atoms.